The van der Waals surface area contributed by atoms with Gasteiger partial charge in [0.15, 0.2) is 0 Å². The van der Waals surface area contributed by atoms with Gasteiger partial charge in [-0.25, -0.2) is 4.79 Å². The van der Waals surface area contributed by atoms with Crippen LogP contribution in [0.25, 0.3) is 11.0 Å². The number of benzene rings is 3. The number of imidazole rings is 1. The second-order valence-corrected chi connectivity index (χ2v) is 9.12. The summed E-state index contributed by atoms with van der Waals surface area (Å²) in [5.74, 6) is -0.815. The summed E-state index contributed by atoms with van der Waals surface area (Å²) in [6.45, 7) is 4.57. The highest BCUT2D eigenvalue weighted by Crippen LogP contribution is 2.43. The third kappa shape index (κ3) is 4.03. The van der Waals surface area contributed by atoms with Gasteiger partial charge >= 0.3 is 5.69 Å². The number of H-pyrrole nitrogens is 1. The predicted molar refractivity (Wildman–Crippen MR) is 135 cm³/mol. The molecule has 2 amide bonds. The molecule has 2 heterocycles. The quantitative estimate of drug-likeness (QED) is 0.451. The molecule has 178 valence electrons. The van der Waals surface area contributed by atoms with Crippen molar-refractivity contribution >= 4 is 22.8 Å². The molecule has 35 heavy (non-hydrogen) atoms. The SMILES string of the molecule is CC(C)N1C(=O)c2ccccc2[C@@H](C(=O)NCCn2c(=O)[nH]c3ccccc32)[C@@H]1c1ccccc1. The number of hydrogen-bond acceptors (Lipinski definition) is 3. The number of para-hydroxylation sites is 2. The van der Waals surface area contributed by atoms with E-state index in [1.807, 2.05) is 91.5 Å². The fourth-order valence-corrected chi connectivity index (χ4v) is 5.13. The molecule has 1 aromatic heterocycles. The average Bonchev–Trinajstić information content (AvgIpc) is 3.19. The topological polar surface area (TPSA) is 87.2 Å². The van der Waals surface area contributed by atoms with Crippen molar-refractivity contribution in [2.45, 2.75) is 38.4 Å². The van der Waals surface area contributed by atoms with Crippen LogP contribution in [-0.2, 0) is 11.3 Å². The van der Waals surface area contributed by atoms with E-state index in [9.17, 15) is 14.4 Å². The number of amides is 2. The van der Waals surface area contributed by atoms with E-state index in [2.05, 4.69) is 10.3 Å². The van der Waals surface area contributed by atoms with Crippen LogP contribution in [0, 0.1) is 0 Å². The van der Waals surface area contributed by atoms with Gasteiger partial charge in [-0.1, -0.05) is 60.7 Å². The van der Waals surface area contributed by atoms with Gasteiger partial charge in [-0.15, -0.1) is 0 Å². The van der Waals surface area contributed by atoms with E-state index in [1.165, 1.54) is 0 Å². The van der Waals surface area contributed by atoms with Gasteiger partial charge in [-0.2, -0.15) is 0 Å². The summed E-state index contributed by atoms with van der Waals surface area (Å²) >= 11 is 0. The first-order valence-electron chi connectivity index (χ1n) is 11.9. The lowest BCUT2D eigenvalue weighted by molar-refractivity contribution is -0.124. The van der Waals surface area contributed by atoms with E-state index >= 15 is 0 Å². The number of hydrogen-bond donors (Lipinski definition) is 2. The van der Waals surface area contributed by atoms with Crippen molar-refractivity contribution in [3.63, 3.8) is 0 Å². The Morgan fingerprint density at radius 2 is 1.63 bits per heavy atom. The maximum Gasteiger partial charge on any atom is 0.326 e. The largest absolute Gasteiger partial charge is 0.354 e. The molecule has 0 saturated carbocycles. The third-order valence-electron chi connectivity index (χ3n) is 6.67. The molecule has 0 aliphatic carbocycles. The lowest BCUT2D eigenvalue weighted by Gasteiger charge is -2.44. The molecule has 5 rings (SSSR count). The Hall–Kier alpha value is -4.13. The number of carbonyl (C=O) groups is 2. The highest BCUT2D eigenvalue weighted by Gasteiger charge is 2.44. The van der Waals surface area contributed by atoms with Gasteiger partial charge in [-0.3, -0.25) is 14.2 Å². The van der Waals surface area contributed by atoms with Gasteiger partial charge in [0.25, 0.3) is 5.91 Å². The number of carbonyl (C=O) groups excluding carboxylic acids is 2. The zero-order valence-electron chi connectivity index (χ0n) is 19.8. The minimum absolute atomic E-state index is 0.0705. The minimum Gasteiger partial charge on any atom is -0.354 e. The summed E-state index contributed by atoms with van der Waals surface area (Å²) in [6, 6.07) is 24.0. The maximum atomic E-state index is 13.8. The van der Waals surface area contributed by atoms with Crippen molar-refractivity contribution in [2.75, 3.05) is 6.54 Å². The van der Waals surface area contributed by atoms with Crippen LogP contribution in [0.5, 0.6) is 0 Å². The Bertz CT molecular complexity index is 1440. The molecule has 2 N–H and O–H groups in total. The van der Waals surface area contributed by atoms with Crippen LogP contribution < -0.4 is 11.0 Å². The molecule has 0 bridgehead atoms. The molecule has 4 aromatic rings. The molecule has 7 nitrogen and oxygen atoms in total. The Balaban J connectivity index is 1.48. The first-order chi connectivity index (χ1) is 17.0. The predicted octanol–water partition coefficient (Wildman–Crippen LogP) is 3.84. The van der Waals surface area contributed by atoms with Crippen LogP contribution in [-0.4, -0.2) is 38.9 Å². The van der Waals surface area contributed by atoms with Crippen LogP contribution in [0.3, 0.4) is 0 Å². The standard InChI is InChI=1S/C28H28N4O3/c1-18(2)32-25(19-10-4-3-5-11-19)24(20-12-6-7-13-21(20)27(32)34)26(33)29-16-17-31-23-15-9-8-14-22(23)30-28(31)35/h3-15,18,24-25H,16-17H2,1-2H3,(H,29,33)(H,30,35)/t24-,25+/m1/s1. The van der Waals surface area contributed by atoms with E-state index < -0.39 is 12.0 Å². The summed E-state index contributed by atoms with van der Waals surface area (Å²) in [5, 5.41) is 3.05. The Kier molecular flexibility index (Phi) is 5.99. The third-order valence-corrected chi connectivity index (χ3v) is 6.67. The Labute approximate surface area is 203 Å². The number of aromatic amines is 1. The summed E-state index contributed by atoms with van der Waals surface area (Å²) in [4.78, 5) is 44.3. The first kappa shape index (κ1) is 22.7. The van der Waals surface area contributed by atoms with E-state index in [4.69, 9.17) is 0 Å². The molecule has 0 saturated heterocycles. The van der Waals surface area contributed by atoms with E-state index in [1.54, 1.807) is 10.6 Å². The van der Waals surface area contributed by atoms with E-state index in [0.29, 0.717) is 12.1 Å². The van der Waals surface area contributed by atoms with E-state index in [0.717, 1.165) is 22.2 Å². The van der Waals surface area contributed by atoms with Crippen LogP contribution in [0.1, 0.15) is 47.3 Å². The van der Waals surface area contributed by atoms with Crippen LogP contribution >= 0.6 is 0 Å². The second kappa shape index (κ2) is 9.25. The molecule has 0 unspecified atom stereocenters. The van der Waals surface area contributed by atoms with Crippen molar-refractivity contribution in [2.24, 2.45) is 0 Å². The van der Waals surface area contributed by atoms with Gasteiger partial charge in [0.05, 0.1) is 23.0 Å². The zero-order valence-corrected chi connectivity index (χ0v) is 19.8. The van der Waals surface area contributed by atoms with Crippen molar-refractivity contribution < 1.29 is 9.59 Å². The molecule has 0 radical (unpaired) electrons. The number of nitrogens with one attached hydrogen (secondary N) is 2. The normalized spacial score (nSPS) is 17.6. The van der Waals surface area contributed by atoms with Gasteiger partial charge < -0.3 is 15.2 Å². The van der Waals surface area contributed by atoms with Gasteiger partial charge in [0.1, 0.15) is 0 Å². The Morgan fingerprint density at radius 3 is 2.40 bits per heavy atom. The molecule has 1 aliphatic heterocycles. The van der Waals surface area contributed by atoms with Crippen LogP contribution in [0.4, 0.5) is 0 Å². The second-order valence-electron chi connectivity index (χ2n) is 9.12. The molecule has 0 spiro atoms. The smallest absolute Gasteiger partial charge is 0.326 e. The molecule has 7 heteroatoms. The minimum atomic E-state index is -0.576. The first-order valence-corrected chi connectivity index (χ1v) is 11.9. The van der Waals surface area contributed by atoms with Crippen molar-refractivity contribution in [1.29, 1.82) is 0 Å². The van der Waals surface area contributed by atoms with Crippen molar-refractivity contribution in [1.82, 2.24) is 19.8 Å². The number of aromatic nitrogens is 2. The van der Waals surface area contributed by atoms with Gasteiger partial charge in [0.2, 0.25) is 5.91 Å². The average molecular weight is 469 g/mol. The summed E-state index contributed by atoms with van der Waals surface area (Å²) < 4.78 is 1.63. The highest BCUT2D eigenvalue weighted by atomic mass is 16.2. The zero-order chi connectivity index (χ0) is 24.5. The van der Waals surface area contributed by atoms with Crippen molar-refractivity contribution in [3.05, 3.63) is 106 Å². The molecular formula is C28H28N4O3. The number of nitrogens with zero attached hydrogens (tertiary/aromatic N) is 2. The Morgan fingerprint density at radius 1 is 0.943 bits per heavy atom. The number of rotatable bonds is 6. The molecule has 2 atom stereocenters. The van der Waals surface area contributed by atoms with Gasteiger partial charge in [-0.05, 0) is 43.2 Å². The monoisotopic (exact) mass is 468 g/mol. The van der Waals surface area contributed by atoms with Crippen LogP contribution in [0.15, 0.2) is 83.7 Å². The molecule has 3 aromatic carbocycles. The lowest BCUT2D eigenvalue weighted by atomic mass is 9.78. The number of fused-ring (bicyclic) bond motifs is 2. The molecule has 0 fully saturated rings. The van der Waals surface area contributed by atoms with Gasteiger partial charge in [0, 0.05) is 24.7 Å². The van der Waals surface area contributed by atoms with E-state index in [-0.39, 0.29) is 30.1 Å². The maximum absolute atomic E-state index is 13.8. The fourth-order valence-electron chi connectivity index (χ4n) is 5.13. The van der Waals surface area contributed by atoms with Crippen molar-refractivity contribution in [3.8, 4) is 0 Å². The molecule has 1 aliphatic rings. The summed E-state index contributed by atoms with van der Waals surface area (Å²) in [7, 11) is 0. The molecular weight excluding hydrogens is 440 g/mol. The van der Waals surface area contributed by atoms with Crippen LogP contribution in [0.2, 0.25) is 0 Å². The fraction of sp³-hybridized carbons (Fsp3) is 0.250. The summed E-state index contributed by atoms with van der Waals surface area (Å²) in [6.07, 6.45) is 0. The summed E-state index contributed by atoms with van der Waals surface area (Å²) in [5.41, 5.74) is 3.56. The lowest BCUT2D eigenvalue weighted by Crippen LogP contribution is -2.50. The highest BCUT2D eigenvalue weighted by molar-refractivity contribution is 6.01.